The van der Waals surface area contributed by atoms with Crippen molar-refractivity contribution < 1.29 is 9.53 Å². The molecule has 0 bridgehead atoms. The van der Waals surface area contributed by atoms with Crippen molar-refractivity contribution >= 4 is 6.09 Å². The molecule has 2 fully saturated rings. The van der Waals surface area contributed by atoms with E-state index in [1.165, 1.54) is 12.0 Å². The molecular formula is C20H30N2O2. The molecule has 0 spiro atoms. The minimum atomic E-state index is -0.244. The number of alkyl carbamates (subject to hydrolysis) is 1. The zero-order valence-corrected chi connectivity index (χ0v) is 14.7. The fraction of sp³-hybridized carbons (Fsp3) is 0.650. The Morgan fingerprint density at radius 3 is 2.54 bits per heavy atom. The Kier molecular flexibility index (Phi) is 6.13. The summed E-state index contributed by atoms with van der Waals surface area (Å²) >= 11 is 0. The second-order valence-corrected chi connectivity index (χ2v) is 7.21. The molecule has 2 N–H and O–H groups in total. The van der Waals surface area contributed by atoms with Crippen LogP contribution in [0.25, 0.3) is 0 Å². The molecule has 4 nitrogen and oxygen atoms in total. The molecule has 1 aromatic carbocycles. The molecule has 3 rings (SSSR count). The maximum Gasteiger partial charge on any atom is 0.407 e. The smallest absolute Gasteiger partial charge is 0.407 e. The molecule has 0 saturated heterocycles. The van der Waals surface area contributed by atoms with Crippen LogP contribution >= 0.6 is 0 Å². The molecule has 1 aromatic rings. The summed E-state index contributed by atoms with van der Waals surface area (Å²) < 4.78 is 5.18. The normalized spacial score (nSPS) is 29.0. The number of ether oxygens (including phenoxy) is 1. The van der Waals surface area contributed by atoms with Gasteiger partial charge in [-0.1, -0.05) is 43.7 Å². The first-order chi connectivity index (χ1) is 11.8. The third-order valence-electron chi connectivity index (χ3n) is 5.25. The molecule has 0 unspecified atom stereocenters. The number of nitrogens with one attached hydrogen (secondary N) is 2. The summed E-state index contributed by atoms with van der Waals surface area (Å²) in [7, 11) is 0. The Morgan fingerprint density at radius 2 is 1.83 bits per heavy atom. The molecule has 1 amide bonds. The highest BCUT2D eigenvalue weighted by Gasteiger charge is 2.39. The number of unbranched alkanes of at least 4 members (excludes halogenated alkanes) is 1. The van der Waals surface area contributed by atoms with Crippen LogP contribution in [0.15, 0.2) is 30.3 Å². The van der Waals surface area contributed by atoms with Crippen LogP contribution in [-0.2, 0) is 4.74 Å². The van der Waals surface area contributed by atoms with Crippen molar-refractivity contribution in [3.05, 3.63) is 35.9 Å². The number of carbonyl (C=O) groups is 1. The zero-order valence-electron chi connectivity index (χ0n) is 14.7. The Balaban J connectivity index is 1.32. The van der Waals surface area contributed by atoms with Gasteiger partial charge in [0.25, 0.3) is 0 Å². The van der Waals surface area contributed by atoms with Gasteiger partial charge in [-0.15, -0.1) is 0 Å². The van der Waals surface area contributed by atoms with Crippen molar-refractivity contribution in [2.24, 2.45) is 0 Å². The number of hydrogen-bond donors (Lipinski definition) is 2. The van der Waals surface area contributed by atoms with Crippen molar-refractivity contribution in [2.45, 2.75) is 75.9 Å². The second kappa shape index (κ2) is 8.52. The summed E-state index contributed by atoms with van der Waals surface area (Å²) in [6.07, 6.45) is 7.36. The Labute approximate surface area is 145 Å². The topological polar surface area (TPSA) is 50.4 Å². The Hall–Kier alpha value is -1.55. The summed E-state index contributed by atoms with van der Waals surface area (Å²) in [6, 6.07) is 12.3. The maximum atomic E-state index is 11.7. The molecule has 24 heavy (non-hydrogen) atoms. The molecule has 2 saturated carbocycles. The van der Waals surface area contributed by atoms with E-state index in [0.29, 0.717) is 24.6 Å². The molecule has 2 aliphatic rings. The van der Waals surface area contributed by atoms with E-state index in [2.05, 4.69) is 47.9 Å². The minimum Gasteiger partial charge on any atom is -0.450 e. The second-order valence-electron chi connectivity index (χ2n) is 7.21. The molecular weight excluding hydrogens is 300 g/mol. The molecule has 0 aliphatic heterocycles. The lowest BCUT2D eigenvalue weighted by molar-refractivity contribution is 0.136. The van der Waals surface area contributed by atoms with E-state index >= 15 is 0 Å². The first kappa shape index (κ1) is 17.3. The molecule has 0 heterocycles. The standard InChI is InChI=1S/C20H30N2O2/c1-2-3-13-24-20(23)22-17-11-9-16(10-12-17)21-19-14-18(19)15-7-5-4-6-8-15/h4-8,16-19,21H,2-3,9-14H2,1H3,(H,22,23)/t16?,17?,18-,19+/m0/s1. The van der Waals surface area contributed by atoms with Gasteiger partial charge in [0.2, 0.25) is 0 Å². The fourth-order valence-corrected chi connectivity index (χ4v) is 3.67. The van der Waals surface area contributed by atoms with E-state index in [1.807, 2.05) is 0 Å². The third kappa shape index (κ3) is 4.97. The first-order valence-corrected chi connectivity index (χ1v) is 9.50. The quantitative estimate of drug-likeness (QED) is 0.744. The van der Waals surface area contributed by atoms with Gasteiger partial charge in [-0.05, 0) is 44.1 Å². The van der Waals surface area contributed by atoms with E-state index in [9.17, 15) is 4.79 Å². The van der Waals surface area contributed by atoms with E-state index < -0.39 is 0 Å². The molecule has 0 aromatic heterocycles. The molecule has 4 heteroatoms. The lowest BCUT2D eigenvalue weighted by atomic mass is 9.91. The Morgan fingerprint density at radius 1 is 1.12 bits per heavy atom. The van der Waals surface area contributed by atoms with E-state index in [0.717, 1.165) is 38.5 Å². The highest BCUT2D eigenvalue weighted by atomic mass is 16.5. The average molecular weight is 330 g/mol. The summed E-state index contributed by atoms with van der Waals surface area (Å²) in [5.74, 6) is 0.690. The Bertz CT molecular complexity index is 512. The maximum absolute atomic E-state index is 11.7. The lowest BCUT2D eigenvalue weighted by Gasteiger charge is -2.29. The van der Waals surface area contributed by atoms with E-state index in [4.69, 9.17) is 4.74 Å². The largest absolute Gasteiger partial charge is 0.450 e. The minimum absolute atomic E-state index is 0.244. The average Bonchev–Trinajstić information content (AvgIpc) is 3.37. The van der Waals surface area contributed by atoms with E-state index in [1.54, 1.807) is 0 Å². The van der Waals surface area contributed by atoms with Gasteiger partial charge >= 0.3 is 6.09 Å². The van der Waals surface area contributed by atoms with Crippen LogP contribution in [0.1, 0.15) is 63.4 Å². The van der Waals surface area contributed by atoms with Crippen LogP contribution in [-0.4, -0.2) is 30.8 Å². The van der Waals surface area contributed by atoms with Crippen LogP contribution in [0.3, 0.4) is 0 Å². The van der Waals surface area contributed by atoms with Crippen LogP contribution in [0, 0.1) is 0 Å². The van der Waals surface area contributed by atoms with Gasteiger partial charge in [-0.3, -0.25) is 0 Å². The van der Waals surface area contributed by atoms with Gasteiger partial charge in [0.1, 0.15) is 0 Å². The lowest BCUT2D eigenvalue weighted by Crippen LogP contribution is -2.43. The third-order valence-corrected chi connectivity index (χ3v) is 5.25. The first-order valence-electron chi connectivity index (χ1n) is 9.50. The summed E-state index contributed by atoms with van der Waals surface area (Å²) in [4.78, 5) is 11.7. The zero-order chi connectivity index (χ0) is 16.8. The molecule has 2 atom stereocenters. The fourth-order valence-electron chi connectivity index (χ4n) is 3.67. The molecule has 0 radical (unpaired) electrons. The summed E-state index contributed by atoms with van der Waals surface area (Å²) in [6.45, 7) is 2.62. The number of rotatable bonds is 7. The van der Waals surface area contributed by atoms with Crippen LogP contribution in [0.4, 0.5) is 4.79 Å². The highest BCUT2D eigenvalue weighted by molar-refractivity contribution is 5.67. The van der Waals surface area contributed by atoms with Gasteiger partial charge in [-0.2, -0.15) is 0 Å². The van der Waals surface area contributed by atoms with Crippen LogP contribution in [0.5, 0.6) is 0 Å². The van der Waals surface area contributed by atoms with Crippen molar-refractivity contribution in [3.8, 4) is 0 Å². The van der Waals surface area contributed by atoms with Crippen LogP contribution in [0.2, 0.25) is 0 Å². The number of hydrogen-bond acceptors (Lipinski definition) is 3. The van der Waals surface area contributed by atoms with Gasteiger partial charge in [-0.25, -0.2) is 4.79 Å². The van der Waals surface area contributed by atoms with Crippen molar-refractivity contribution in [1.29, 1.82) is 0 Å². The number of carbonyl (C=O) groups excluding carboxylic acids is 1. The predicted octanol–water partition coefficient (Wildman–Crippen LogP) is 3.97. The number of benzene rings is 1. The van der Waals surface area contributed by atoms with Crippen LogP contribution < -0.4 is 10.6 Å². The van der Waals surface area contributed by atoms with Gasteiger partial charge in [0.15, 0.2) is 0 Å². The summed E-state index contributed by atoms with van der Waals surface area (Å²) in [5.41, 5.74) is 1.46. The van der Waals surface area contributed by atoms with Crippen molar-refractivity contribution in [2.75, 3.05) is 6.61 Å². The molecule has 2 aliphatic carbocycles. The van der Waals surface area contributed by atoms with Crippen molar-refractivity contribution in [1.82, 2.24) is 10.6 Å². The monoisotopic (exact) mass is 330 g/mol. The summed E-state index contributed by atoms with van der Waals surface area (Å²) in [5, 5.41) is 6.83. The molecule has 132 valence electrons. The number of amides is 1. The van der Waals surface area contributed by atoms with Gasteiger partial charge < -0.3 is 15.4 Å². The van der Waals surface area contributed by atoms with Crippen molar-refractivity contribution in [3.63, 3.8) is 0 Å². The van der Waals surface area contributed by atoms with E-state index in [-0.39, 0.29) is 12.1 Å². The predicted molar refractivity (Wildman–Crippen MR) is 96.2 cm³/mol. The SMILES string of the molecule is CCCCOC(=O)NC1CCC(N[C@@H]2C[C@H]2c2ccccc2)CC1. The highest BCUT2D eigenvalue weighted by Crippen LogP contribution is 2.41. The van der Waals surface area contributed by atoms with Gasteiger partial charge in [0, 0.05) is 24.0 Å². The van der Waals surface area contributed by atoms with Gasteiger partial charge in [0.05, 0.1) is 6.61 Å².